The van der Waals surface area contributed by atoms with Crippen molar-refractivity contribution in [2.45, 2.75) is 20.3 Å². The summed E-state index contributed by atoms with van der Waals surface area (Å²) in [6, 6.07) is 0. The molecular weight excluding hydrogens is 208 g/mol. The lowest BCUT2D eigenvalue weighted by molar-refractivity contribution is 0.308. The molecule has 0 fully saturated rings. The highest BCUT2D eigenvalue weighted by Crippen LogP contribution is 2.05. The molecule has 0 aromatic heterocycles. The molecule has 1 rings (SSSR count). The van der Waals surface area contributed by atoms with Gasteiger partial charge in [-0.05, 0) is 31.3 Å². The van der Waals surface area contributed by atoms with Crippen molar-refractivity contribution >= 4 is 0 Å². The first-order valence-corrected chi connectivity index (χ1v) is 6.51. The molecule has 1 aliphatic rings. The topological polar surface area (TPSA) is 15.3 Å². The van der Waals surface area contributed by atoms with Crippen LogP contribution in [0.5, 0.6) is 0 Å². The Morgan fingerprint density at radius 2 is 1.88 bits per heavy atom. The Morgan fingerprint density at radius 1 is 1.12 bits per heavy atom. The third-order valence-electron chi connectivity index (χ3n) is 2.91. The van der Waals surface area contributed by atoms with Crippen molar-refractivity contribution in [1.29, 1.82) is 0 Å². The normalized spacial score (nSPS) is 24.5. The highest BCUT2D eigenvalue weighted by molar-refractivity contribution is 5.24. The average molecular weight is 232 g/mol. The van der Waals surface area contributed by atoms with Crippen molar-refractivity contribution in [1.82, 2.24) is 10.2 Å². The van der Waals surface area contributed by atoms with E-state index >= 15 is 0 Å². The van der Waals surface area contributed by atoms with Crippen LogP contribution in [0.15, 0.2) is 48.2 Å². The molecule has 0 amide bonds. The van der Waals surface area contributed by atoms with Crippen LogP contribution in [0.2, 0.25) is 0 Å². The van der Waals surface area contributed by atoms with Gasteiger partial charge in [0, 0.05) is 13.1 Å². The SMILES string of the molecule is CCN(CC)CCC1=C/NC/C=C/C=C\C=C\1. The van der Waals surface area contributed by atoms with E-state index in [1.807, 2.05) is 0 Å². The smallest absolute Gasteiger partial charge is 0.0328 e. The van der Waals surface area contributed by atoms with Gasteiger partial charge < -0.3 is 10.2 Å². The van der Waals surface area contributed by atoms with E-state index in [0.717, 1.165) is 32.6 Å². The van der Waals surface area contributed by atoms with E-state index in [1.165, 1.54) is 5.57 Å². The van der Waals surface area contributed by atoms with Crippen LogP contribution in [-0.4, -0.2) is 31.1 Å². The molecular formula is C15H24N2. The first-order valence-electron chi connectivity index (χ1n) is 6.51. The summed E-state index contributed by atoms with van der Waals surface area (Å²) in [6.07, 6.45) is 15.8. The highest BCUT2D eigenvalue weighted by atomic mass is 15.1. The Balaban J connectivity index is 2.49. The summed E-state index contributed by atoms with van der Waals surface area (Å²) in [7, 11) is 0. The molecule has 1 aliphatic heterocycles. The van der Waals surface area contributed by atoms with Gasteiger partial charge in [-0.3, -0.25) is 0 Å². The van der Waals surface area contributed by atoms with Gasteiger partial charge in [-0.2, -0.15) is 0 Å². The Hall–Kier alpha value is -1.28. The van der Waals surface area contributed by atoms with Gasteiger partial charge in [-0.1, -0.05) is 50.3 Å². The summed E-state index contributed by atoms with van der Waals surface area (Å²) in [4.78, 5) is 2.45. The van der Waals surface area contributed by atoms with Gasteiger partial charge in [0.15, 0.2) is 0 Å². The Morgan fingerprint density at radius 3 is 2.65 bits per heavy atom. The molecule has 0 aromatic rings. The van der Waals surface area contributed by atoms with Gasteiger partial charge in [-0.15, -0.1) is 0 Å². The van der Waals surface area contributed by atoms with Crippen LogP contribution in [0.3, 0.4) is 0 Å². The second-order valence-corrected chi connectivity index (χ2v) is 4.08. The number of nitrogens with zero attached hydrogens (tertiary/aromatic N) is 1. The van der Waals surface area contributed by atoms with E-state index in [1.54, 1.807) is 0 Å². The molecule has 17 heavy (non-hydrogen) atoms. The molecule has 2 heteroatoms. The van der Waals surface area contributed by atoms with Crippen LogP contribution in [0.25, 0.3) is 0 Å². The Labute approximate surface area is 105 Å². The molecule has 0 saturated heterocycles. The number of hydrogen-bond acceptors (Lipinski definition) is 2. The molecule has 94 valence electrons. The van der Waals surface area contributed by atoms with E-state index in [9.17, 15) is 0 Å². The van der Waals surface area contributed by atoms with Gasteiger partial charge in [-0.25, -0.2) is 0 Å². The summed E-state index contributed by atoms with van der Waals surface area (Å²) >= 11 is 0. The van der Waals surface area contributed by atoms with E-state index in [2.05, 4.69) is 66.7 Å². The van der Waals surface area contributed by atoms with Gasteiger partial charge in [0.05, 0.1) is 0 Å². The zero-order valence-electron chi connectivity index (χ0n) is 11.0. The zero-order valence-corrected chi connectivity index (χ0v) is 11.0. The van der Waals surface area contributed by atoms with Crippen LogP contribution in [0.1, 0.15) is 20.3 Å². The molecule has 1 heterocycles. The lowest BCUT2D eigenvalue weighted by atomic mass is 10.1. The summed E-state index contributed by atoms with van der Waals surface area (Å²) in [5.74, 6) is 0. The maximum Gasteiger partial charge on any atom is 0.0328 e. The van der Waals surface area contributed by atoms with Crippen LogP contribution < -0.4 is 5.32 Å². The highest BCUT2D eigenvalue weighted by Gasteiger charge is 2.00. The molecule has 0 bridgehead atoms. The summed E-state index contributed by atoms with van der Waals surface area (Å²) in [6.45, 7) is 8.71. The van der Waals surface area contributed by atoms with Gasteiger partial charge in [0.25, 0.3) is 0 Å². The molecule has 0 unspecified atom stereocenters. The molecule has 0 saturated carbocycles. The van der Waals surface area contributed by atoms with Gasteiger partial charge in [0.1, 0.15) is 0 Å². The van der Waals surface area contributed by atoms with E-state index < -0.39 is 0 Å². The maximum atomic E-state index is 3.31. The van der Waals surface area contributed by atoms with Crippen molar-refractivity contribution in [2.75, 3.05) is 26.2 Å². The van der Waals surface area contributed by atoms with E-state index in [4.69, 9.17) is 0 Å². The lowest BCUT2D eigenvalue weighted by Crippen LogP contribution is -2.24. The minimum atomic E-state index is 0.896. The fourth-order valence-corrected chi connectivity index (χ4v) is 1.74. The monoisotopic (exact) mass is 232 g/mol. The van der Waals surface area contributed by atoms with Crippen molar-refractivity contribution in [3.8, 4) is 0 Å². The summed E-state index contributed by atoms with van der Waals surface area (Å²) < 4.78 is 0. The largest absolute Gasteiger partial charge is 0.387 e. The Kier molecular flexibility index (Phi) is 7.15. The number of nitrogens with one attached hydrogen (secondary N) is 1. The fourth-order valence-electron chi connectivity index (χ4n) is 1.74. The van der Waals surface area contributed by atoms with Gasteiger partial charge in [0.2, 0.25) is 0 Å². The maximum absolute atomic E-state index is 3.31. The van der Waals surface area contributed by atoms with Crippen LogP contribution in [0, 0.1) is 0 Å². The Bertz CT molecular complexity index is 307. The first kappa shape index (κ1) is 13.8. The van der Waals surface area contributed by atoms with E-state index in [0.29, 0.717) is 0 Å². The minimum Gasteiger partial charge on any atom is -0.387 e. The quantitative estimate of drug-likeness (QED) is 0.784. The van der Waals surface area contributed by atoms with Crippen molar-refractivity contribution in [2.24, 2.45) is 0 Å². The van der Waals surface area contributed by atoms with Crippen LogP contribution in [0.4, 0.5) is 0 Å². The molecule has 2 nitrogen and oxygen atoms in total. The summed E-state index contributed by atoms with van der Waals surface area (Å²) in [5, 5.41) is 3.31. The second kappa shape index (κ2) is 8.82. The predicted octanol–water partition coefficient (Wildman–Crippen LogP) is 2.87. The van der Waals surface area contributed by atoms with Crippen molar-refractivity contribution in [3.05, 3.63) is 48.2 Å². The third kappa shape index (κ3) is 6.12. The number of allylic oxidation sites excluding steroid dienone is 5. The zero-order chi connectivity index (χ0) is 12.3. The minimum absolute atomic E-state index is 0.896. The number of rotatable bonds is 5. The second-order valence-electron chi connectivity index (χ2n) is 4.08. The predicted molar refractivity (Wildman–Crippen MR) is 75.9 cm³/mol. The first-order chi connectivity index (χ1) is 8.36. The van der Waals surface area contributed by atoms with Crippen molar-refractivity contribution < 1.29 is 0 Å². The van der Waals surface area contributed by atoms with Crippen molar-refractivity contribution in [3.63, 3.8) is 0 Å². The molecule has 0 aromatic carbocycles. The standard InChI is InChI=1S/C15H24N2/c1-3-17(4-2)13-11-15-10-8-6-5-7-9-12-16-14-15/h5-10,14,16H,3-4,11-13H2,1-2H3/b6-5-,9-7+,10-8+,15-14+. The average Bonchev–Trinajstić information content (AvgIpc) is 2.38. The van der Waals surface area contributed by atoms with E-state index in [-0.39, 0.29) is 0 Å². The summed E-state index contributed by atoms with van der Waals surface area (Å²) in [5.41, 5.74) is 1.36. The molecule has 0 spiro atoms. The molecule has 0 radical (unpaired) electrons. The molecule has 0 aliphatic carbocycles. The fraction of sp³-hybridized carbons (Fsp3) is 0.467. The van der Waals surface area contributed by atoms with Crippen LogP contribution >= 0.6 is 0 Å². The lowest BCUT2D eigenvalue weighted by Gasteiger charge is -2.18. The third-order valence-corrected chi connectivity index (χ3v) is 2.91. The molecule has 0 atom stereocenters. The van der Waals surface area contributed by atoms with Gasteiger partial charge >= 0.3 is 0 Å². The number of hydrogen-bond donors (Lipinski definition) is 1. The molecule has 1 N–H and O–H groups in total. The van der Waals surface area contributed by atoms with Crippen LogP contribution in [-0.2, 0) is 0 Å².